The summed E-state index contributed by atoms with van der Waals surface area (Å²) in [6, 6.07) is 15.3. The topological polar surface area (TPSA) is 55.6 Å². The second kappa shape index (κ2) is 8.47. The summed E-state index contributed by atoms with van der Waals surface area (Å²) in [6.07, 6.45) is 3.65. The van der Waals surface area contributed by atoms with Gasteiger partial charge in [-0.1, -0.05) is 30.1 Å². The number of carbonyl (C=O) groups is 1. The summed E-state index contributed by atoms with van der Waals surface area (Å²) in [5, 5.41) is 4.20. The van der Waals surface area contributed by atoms with Gasteiger partial charge in [0.1, 0.15) is 17.3 Å². The Balaban J connectivity index is 1.63. The first kappa shape index (κ1) is 19.2. The zero-order valence-electron chi connectivity index (χ0n) is 16.3. The Bertz CT molecular complexity index is 984. The minimum atomic E-state index is -0.503. The standard InChI is InChI=1S/C23H23FN2O3/c1-28-17-12-10-16(11-13-17)20-15-22(29-25-20)21-9-3-2-6-14-26(21)23(27)18-7-4-5-8-19(18)24/h4-5,7-8,10-13,15,21H,2-3,6,9,14H2,1H3/t21-/m1/s1. The molecule has 150 valence electrons. The molecule has 4 rings (SSSR count). The van der Waals surface area contributed by atoms with Crippen LogP contribution in [0.25, 0.3) is 11.3 Å². The zero-order valence-corrected chi connectivity index (χ0v) is 16.3. The number of nitrogens with zero attached hydrogens (tertiary/aromatic N) is 2. The predicted octanol–water partition coefficient (Wildman–Crippen LogP) is 5.25. The summed E-state index contributed by atoms with van der Waals surface area (Å²) in [5.41, 5.74) is 1.70. The summed E-state index contributed by atoms with van der Waals surface area (Å²) in [7, 11) is 1.62. The Morgan fingerprint density at radius 3 is 2.69 bits per heavy atom. The van der Waals surface area contributed by atoms with Gasteiger partial charge < -0.3 is 14.2 Å². The molecule has 0 saturated carbocycles. The Kier molecular flexibility index (Phi) is 5.60. The van der Waals surface area contributed by atoms with Crippen molar-refractivity contribution in [3.63, 3.8) is 0 Å². The lowest BCUT2D eigenvalue weighted by Gasteiger charge is -2.28. The van der Waals surface area contributed by atoms with Gasteiger partial charge in [-0.25, -0.2) is 4.39 Å². The van der Waals surface area contributed by atoms with Gasteiger partial charge >= 0.3 is 0 Å². The number of hydrogen-bond acceptors (Lipinski definition) is 4. The number of halogens is 1. The van der Waals surface area contributed by atoms with Gasteiger partial charge in [0.2, 0.25) is 0 Å². The Morgan fingerprint density at radius 1 is 1.14 bits per heavy atom. The molecule has 0 radical (unpaired) electrons. The van der Waals surface area contributed by atoms with E-state index in [4.69, 9.17) is 9.26 Å². The van der Waals surface area contributed by atoms with Gasteiger partial charge in [-0.05, 0) is 49.2 Å². The van der Waals surface area contributed by atoms with E-state index in [1.54, 1.807) is 24.1 Å². The number of carbonyl (C=O) groups excluding carboxylic acids is 1. The van der Waals surface area contributed by atoms with E-state index in [1.165, 1.54) is 12.1 Å². The van der Waals surface area contributed by atoms with Crippen LogP contribution in [-0.2, 0) is 0 Å². The van der Waals surface area contributed by atoms with Crippen LogP contribution in [0, 0.1) is 5.82 Å². The SMILES string of the molecule is COc1ccc(-c2cc([C@H]3CCCCCN3C(=O)c3ccccc3F)on2)cc1. The van der Waals surface area contributed by atoms with Crippen LogP contribution in [0.3, 0.4) is 0 Å². The highest BCUT2D eigenvalue weighted by atomic mass is 19.1. The largest absolute Gasteiger partial charge is 0.497 e. The van der Waals surface area contributed by atoms with E-state index in [2.05, 4.69) is 5.16 Å². The molecule has 1 atom stereocenters. The molecule has 1 amide bonds. The van der Waals surface area contributed by atoms with E-state index in [9.17, 15) is 9.18 Å². The maximum atomic E-state index is 14.2. The number of aromatic nitrogens is 1. The fraction of sp³-hybridized carbons (Fsp3) is 0.304. The lowest BCUT2D eigenvalue weighted by Crippen LogP contribution is -2.35. The molecular weight excluding hydrogens is 371 g/mol. The molecule has 0 N–H and O–H groups in total. The Labute approximate surface area is 169 Å². The van der Waals surface area contributed by atoms with Gasteiger partial charge in [0.05, 0.1) is 18.7 Å². The van der Waals surface area contributed by atoms with Crippen molar-refractivity contribution in [3.05, 3.63) is 71.7 Å². The lowest BCUT2D eigenvalue weighted by atomic mass is 10.0. The summed E-state index contributed by atoms with van der Waals surface area (Å²) < 4.78 is 25.1. The van der Waals surface area contributed by atoms with E-state index in [0.717, 1.165) is 37.0 Å². The molecule has 3 aromatic rings. The van der Waals surface area contributed by atoms with Gasteiger partial charge in [0.25, 0.3) is 5.91 Å². The molecule has 1 aliphatic heterocycles. The molecule has 0 bridgehead atoms. The van der Waals surface area contributed by atoms with E-state index in [0.29, 0.717) is 18.0 Å². The van der Waals surface area contributed by atoms with Crippen molar-refractivity contribution in [2.45, 2.75) is 31.7 Å². The van der Waals surface area contributed by atoms with E-state index < -0.39 is 5.82 Å². The molecular formula is C23H23FN2O3. The molecule has 1 aromatic heterocycles. The third-order valence-electron chi connectivity index (χ3n) is 5.36. The molecule has 2 heterocycles. The number of rotatable bonds is 4. The van der Waals surface area contributed by atoms with E-state index in [1.807, 2.05) is 30.3 Å². The quantitative estimate of drug-likeness (QED) is 0.607. The Hall–Kier alpha value is -3.15. The van der Waals surface area contributed by atoms with E-state index in [-0.39, 0.29) is 17.5 Å². The van der Waals surface area contributed by atoms with Crippen LogP contribution in [-0.4, -0.2) is 29.6 Å². The van der Waals surface area contributed by atoms with E-state index >= 15 is 0 Å². The summed E-state index contributed by atoms with van der Waals surface area (Å²) in [4.78, 5) is 14.8. The minimum absolute atomic E-state index is 0.0919. The Morgan fingerprint density at radius 2 is 1.93 bits per heavy atom. The number of benzene rings is 2. The number of methoxy groups -OCH3 is 1. The van der Waals surface area contributed by atoms with Crippen molar-refractivity contribution in [1.82, 2.24) is 10.1 Å². The predicted molar refractivity (Wildman–Crippen MR) is 107 cm³/mol. The molecule has 0 spiro atoms. The molecule has 0 aliphatic carbocycles. The minimum Gasteiger partial charge on any atom is -0.497 e. The highest BCUT2D eigenvalue weighted by Gasteiger charge is 2.31. The van der Waals surface area contributed by atoms with Crippen LogP contribution in [0.2, 0.25) is 0 Å². The molecule has 29 heavy (non-hydrogen) atoms. The van der Waals surface area contributed by atoms with Crippen molar-refractivity contribution in [2.75, 3.05) is 13.7 Å². The van der Waals surface area contributed by atoms with Gasteiger partial charge in [-0.15, -0.1) is 0 Å². The van der Waals surface area contributed by atoms with Gasteiger partial charge in [0.15, 0.2) is 5.76 Å². The molecule has 1 aliphatic rings. The molecule has 0 unspecified atom stereocenters. The normalized spacial score (nSPS) is 17.0. The lowest BCUT2D eigenvalue weighted by molar-refractivity contribution is 0.0646. The van der Waals surface area contributed by atoms with Crippen molar-refractivity contribution in [3.8, 4) is 17.0 Å². The monoisotopic (exact) mass is 394 g/mol. The molecule has 2 aromatic carbocycles. The van der Waals surface area contributed by atoms with Crippen molar-refractivity contribution >= 4 is 5.91 Å². The van der Waals surface area contributed by atoms with Crippen molar-refractivity contribution < 1.29 is 18.4 Å². The average molecular weight is 394 g/mol. The fourth-order valence-corrected chi connectivity index (χ4v) is 3.78. The first-order valence-electron chi connectivity index (χ1n) is 9.84. The third kappa shape index (κ3) is 4.01. The van der Waals surface area contributed by atoms with Crippen LogP contribution >= 0.6 is 0 Å². The smallest absolute Gasteiger partial charge is 0.257 e. The molecule has 1 fully saturated rings. The van der Waals surface area contributed by atoms with Crippen molar-refractivity contribution in [2.24, 2.45) is 0 Å². The number of ether oxygens (including phenoxy) is 1. The number of amides is 1. The van der Waals surface area contributed by atoms with Crippen LogP contribution in [0.1, 0.15) is 47.8 Å². The molecule has 5 nitrogen and oxygen atoms in total. The fourth-order valence-electron chi connectivity index (χ4n) is 3.78. The molecule has 6 heteroatoms. The zero-order chi connectivity index (χ0) is 20.2. The summed E-state index contributed by atoms with van der Waals surface area (Å²) in [5.74, 6) is 0.583. The number of hydrogen-bond donors (Lipinski definition) is 0. The summed E-state index contributed by atoms with van der Waals surface area (Å²) >= 11 is 0. The maximum absolute atomic E-state index is 14.2. The first-order chi connectivity index (χ1) is 14.2. The third-order valence-corrected chi connectivity index (χ3v) is 5.36. The van der Waals surface area contributed by atoms with Crippen LogP contribution in [0.5, 0.6) is 5.75 Å². The summed E-state index contributed by atoms with van der Waals surface area (Å²) in [6.45, 7) is 0.566. The first-order valence-corrected chi connectivity index (χ1v) is 9.84. The van der Waals surface area contributed by atoms with Gasteiger partial charge in [-0.2, -0.15) is 0 Å². The van der Waals surface area contributed by atoms with Crippen LogP contribution in [0.4, 0.5) is 4.39 Å². The molecule has 1 saturated heterocycles. The van der Waals surface area contributed by atoms with Crippen LogP contribution in [0.15, 0.2) is 59.1 Å². The van der Waals surface area contributed by atoms with Gasteiger partial charge in [-0.3, -0.25) is 4.79 Å². The average Bonchev–Trinajstić information content (AvgIpc) is 3.11. The van der Waals surface area contributed by atoms with Crippen molar-refractivity contribution in [1.29, 1.82) is 0 Å². The highest BCUT2D eigenvalue weighted by Crippen LogP contribution is 2.34. The number of likely N-dealkylation sites (tertiary alicyclic amines) is 1. The highest BCUT2D eigenvalue weighted by molar-refractivity contribution is 5.94. The maximum Gasteiger partial charge on any atom is 0.257 e. The van der Waals surface area contributed by atoms with Crippen LogP contribution < -0.4 is 4.74 Å². The second-order valence-corrected chi connectivity index (χ2v) is 7.19. The second-order valence-electron chi connectivity index (χ2n) is 7.19. The van der Waals surface area contributed by atoms with Gasteiger partial charge in [0, 0.05) is 18.2 Å².